The summed E-state index contributed by atoms with van der Waals surface area (Å²) in [6.07, 6.45) is 2.21. The third-order valence-electron chi connectivity index (χ3n) is 6.07. The fourth-order valence-corrected chi connectivity index (χ4v) is 5.92. The minimum absolute atomic E-state index is 0.0597. The smallest absolute Gasteiger partial charge is 0.252 e. The molecule has 0 radical (unpaired) electrons. The second kappa shape index (κ2) is 9.83. The molecule has 33 heavy (non-hydrogen) atoms. The molecule has 2 aliphatic heterocycles. The van der Waals surface area contributed by atoms with E-state index in [0.717, 1.165) is 47.6 Å². The second-order valence-corrected chi connectivity index (χ2v) is 10.7. The summed E-state index contributed by atoms with van der Waals surface area (Å²) in [5, 5.41) is 0. The molecule has 1 saturated heterocycles. The number of carbonyl (C=O) groups excluding carboxylic acids is 1. The van der Waals surface area contributed by atoms with Crippen LogP contribution < -0.4 is 9.47 Å². The average Bonchev–Trinajstić information content (AvgIpc) is 3.54. The molecule has 0 N–H and O–H groups in total. The van der Waals surface area contributed by atoms with Gasteiger partial charge in [0.2, 0.25) is 0 Å². The summed E-state index contributed by atoms with van der Waals surface area (Å²) < 4.78 is 18.1. The SMILES string of the molecule is Cc1ccc(-c2cc3c(c(OCCc4scnc4C)c2)OCCN(C(=O)C2CCCO2)C3)s1. The van der Waals surface area contributed by atoms with Crippen LogP contribution in [-0.2, 0) is 22.5 Å². The highest BCUT2D eigenvalue weighted by Gasteiger charge is 2.31. The van der Waals surface area contributed by atoms with Crippen LogP contribution >= 0.6 is 22.7 Å². The summed E-state index contributed by atoms with van der Waals surface area (Å²) in [4.78, 5) is 22.9. The first-order valence-electron chi connectivity index (χ1n) is 11.4. The monoisotopic (exact) mass is 484 g/mol. The molecule has 2 aromatic heterocycles. The van der Waals surface area contributed by atoms with E-state index < -0.39 is 0 Å². The van der Waals surface area contributed by atoms with Gasteiger partial charge in [-0.15, -0.1) is 22.7 Å². The molecule has 1 aromatic carbocycles. The molecule has 0 bridgehead atoms. The second-order valence-electron chi connectivity index (χ2n) is 8.44. The van der Waals surface area contributed by atoms with Gasteiger partial charge in [-0.25, -0.2) is 4.98 Å². The maximum atomic E-state index is 13.1. The Morgan fingerprint density at radius 2 is 2.18 bits per heavy atom. The highest BCUT2D eigenvalue weighted by atomic mass is 32.1. The zero-order valence-electron chi connectivity index (χ0n) is 19.0. The van der Waals surface area contributed by atoms with Crippen LogP contribution in [0, 0.1) is 13.8 Å². The summed E-state index contributed by atoms with van der Waals surface area (Å²) in [7, 11) is 0. The third kappa shape index (κ3) is 4.93. The molecular formula is C25H28N2O4S2. The van der Waals surface area contributed by atoms with Crippen LogP contribution in [0.1, 0.15) is 33.9 Å². The van der Waals surface area contributed by atoms with Gasteiger partial charge in [0.15, 0.2) is 11.5 Å². The van der Waals surface area contributed by atoms with Crippen molar-refractivity contribution < 1.29 is 19.0 Å². The summed E-state index contributed by atoms with van der Waals surface area (Å²) in [5.41, 5.74) is 5.00. The average molecular weight is 485 g/mol. The number of hydrogen-bond donors (Lipinski definition) is 0. The van der Waals surface area contributed by atoms with E-state index in [9.17, 15) is 4.79 Å². The Hall–Kier alpha value is -2.42. The van der Waals surface area contributed by atoms with Gasteiger partial charge in [0.1, 0.15) is 12.7 Å². The fourth-order valence-electron chi connectivity index (χ4n) is 4.31. The number of nitrogens with zero attached hydrogens (tertiary/aromatic N) is 2. The molecule has 1 fully saturated rings. The molecule has 8 heteroatoms. The van der Waals surface area contributed by atoms with Gasteiger partial charge in [-0.05, 0) is 56.5 Å². The Kier molecular flexibility index (Phi) is 6.66. The number of carbonyl (C=O) groups is 1. The number of benzene rings is 1. The molecule has 1 atom stereocenters. The minimum atomic E-state index is -0.326. The van der Waals surface area contributed by atoms with Crippen LogP contribution in [0.2, 0.25) is 0 Å². The molecule has 0 spiro atoms. The predicted molar refractivity (Wildman–Crippen MR) is 130 cm³/mol. The van der Waals surface area contributed by atoms with Crippen molar-refractivity contribution in [1.29, 1.82) is 0 Å². The summed E-state index contributed by atoms with van der Waals surface area (Å²) >= 11 is 3.41. The Balaban J connectivity index is 1.43. The number of rotatable bonds is 6. The molecule has 1 unspecified atom stereocenters. The van der Waals surface area contributed by atoms with E-state index in [1.54, 1.807) is 22.7 Å². The minimum Gasteiger partial charge on any atom is -0.489 e. The summed E-state index contributed by atoms with van der Waals surface area (Å²) in [6, 6.07) is 8.48. The van der Waals surface area contributed by atoms with Crippen molar-refractivity contribution in [2.75, 3.05) is 26.4 Å². The van der Waals surface area contributed by atoms with Gasteiger partial charge in [0.25, 0.3) is 5.91 Å². The lowest BCUT2D eigenvalue weighted by atomic mass is 10.1. The van der Waals surface area contributed by atoms with E-state index in [0.29, 0.717) is 32.9 Å². The highest BCUT2D eigenvalue weighted by molar-refractivity contribution is 7.15. The van der Waals surface area contributed by atoms with Crippen molar-refractivity contribution in [1.82, 2.24) is 9.88 Å². The lowest BCUT2D eigenvalue weighted by Crippen LogP contribution is -2.39. The van der Waals surface area contributed by atoms with Crippen molar-refractivity contribution in [2.24, 2.45) is 0 Å². The Labute approximate surface area is 202 Å². The molecule has 6 nitrogen and oxygen atoms in total. The van der Waals surface area contributed by atoms with E-state index >= 15 is 0 Å². The largest absolute Gasteiger partial charge is 0.489 e. The number of ether oxygens (including phenoxy) is 3. The van der Waals surface area contributed by atoms with Crippen LogP contribution in [-0.4, -0.2) is 48.3 Å². The normalized spacial score (nSPS) is 18.0. The Morgan fingerprint density at radius 3 is 2.91 bits per heavy atom. The number of aryl methyl sites for hydroxylation is 2. The maximum absolute atomic E-state index is 13.1. The van der Waals surface area contributed by atoms with Gasteiger partial charge < -0.3 is 19.1 Å². The predicted octanol–water partition coefficient (Wildman–Crippen LogP) is 5.01. The molecule has 3 aromatic rings. The number of thiophene rings is 1. The van der Waals surface area contributed by atoms with Crippen LogP contribution in [0.5, 0.6) is 11.5 Å². The van der Waals surface area contributed by atoms with Crippen LogP contribution in [0.15, 0.2) is 29.8 Å². The summed E-state index contributed by atoms with van der Waals surface area (Å²) in [6.45, 7) is 6.82. The van der Waals surface area contributed by atoms with E-state index in [2.05, 4.69) is 36.2 Å². The van der Waals surface area contributed by atoms with E-state index in [1.807, 2.05) is 17.3 Å². The van der Waals surface area contributed by atoms with E-state index in [-0.39, 0.29) is 12.0 Å². The quantitative estimate of drug-likeness (QED) is 0.492. The van der Waals surface area contributed by atoms with E-state index in [1.165, 1.54) is 14.6 Å². The zero-order valence-corrected chi connectivity index (χ0v) is 20.6. The van der Waals surface area contributed by atoms with Crippen molar-refractivity contribution >= 4 is 28.6 Å². The molecular weight excluding hydrogens is 456 g/mol. The molecule has 174 valence electrons. The molecule has 0 aliphatic carbocycles. The van der Waals surface area contributed by atoms with Crippen LogP contribution in [0.3, 0.4) is 0 Å². The molecule has 1 amide bonds. The number of thiazole rings is 1. The standard InChI is InChI=1S/C25H28N2O4S2/c1-16-5-6-23(33-16)18-12-19-14-27(25(28)20-4-3-9-29-20)8-11-31-24(19)21(13-18)30-10-7-22-17(2)26-15-32-22/h5-6,12-13,15,20H,3-4,7-11,14H2,1-2H3. The fraction of sp³-hybridized carbons (Fsp3) is 0.440. The van der Waals surface area contributed by atoms with Crippen LogP contribution in [0.25, 0.3) is 10.4 Å². The van der Waals surface area contributed by atoms with Gasteiger partial charge in [-0.3, -0.25) is 4.79 Å². The van der Waals surface area contributed by atoms with E-state index in [4.69, 9.17) is 14.2 Å². The van der Waals surface area contributed by atoms with Gasteiger partial charge in [0.05, 0.1) is 24.4 Å². The first-order chi connectivity index (χ1) is 16.1. The number of amides is 1. The number of fused-ring (bicyclic) bond motifs is 1. The topological polar surface area (TPSA) is 60.9 Å². The van der Waals surface area contributed by atoms with Crippen LogP contribution in [0.4, 0.5) is 0 Å². The molecule has 0 saturated carbocycles. The van der Waals surface area contributed by atoms with Crippen molar-refractivity contribution in [3.63, 3.8) is 0 Å². The van der Waals surface area contributed by atoms with Gasteiger partial charge in [-0.2, -0.15) is 0 Å². The van der Waals surface area contributed by atoms with Crippen molar-refractivity contribution in [3.05, 3.63) is 50.8 Å². The van der Waals surface area contributed by atoms with Gasteiger partial charge >= 0.3 is 0 Å². The molecule has 4 heterocycles. The Morgan fingerprint density at radius 1 is 1.27 bits per heavy atom. The zero-order chi connectivity index (χ0) is 22.8. The number of aromatic nitrogens is 1. The molecule has 2 aliphatic rings. The summed E-state index contributed by atoms with van der Waals surface area (Å²) in [5.74, 6) is 1.54. The highest BCUT2D eigenvalue weighted by Crippen LogP contribution is 2.40. The molecule has 5 rings (SSSR count). The number of hydrogen-bond acceptors (Lipinski definition) is 7. The van der Waals surface area contributed by atoms with Crippen molar-refractivity contribution in [3.8, 4) is 21.9 Å². The van der Waals surface area contributed by atoms with Crippen molar-refractivity contribution in [2.45, 2.75) is 45.8 Å². The third-order valence-corrected chi connectivity index (χ3v) is 8.12. The van der Waals surface area contributed by atoms with Gasteiger partial charge in [-0.1, -0.05) is 0 Å². The lowest BCUT2D eigenvalue weighted by Gasteiger charge is -2.23. The maximum Gasteiger partial charge on any atom is 0.252 e. The van der Waals surface area contributed by atoms with Gasteiger partial charge in [0, 0.05) is 39.8 Å². The first kappa shape index (κ1) is 22.4. The first-order valence-corrected chi connectivity index (χ1v) is 13.1. The Bertz CT molecular complexity index is 1130. The lowest BCUT2D eigenvalue weighted by molar-refractivity contribution is -0.141.